The van der Waals surface area contributed by atoms with E-state index in [9.17, 15) is 4.79 Å². The lowest BCUT2D eigenvalue weighted by Gasteiger charge is -2.16. The summed E-state index contributed by atoms with van der Waals surface area (Å²) in [5, 5.41) is 4.95. The molecule has 1 atom stereocenters. The summed E-state index contributed by atoms with van der Waals surface area (Å²) in [7, 11) is 1.65. The summed E-state index contributed by atoms with van der Waals surface area (Å²) in [4.78, 5) is 13.0. The molecular formula is C22H25ClN2O3. The first-order valence-corrected chi connectivity index (χ1v) is 9.28. The van der Waals surface area contributed by atoms with Gasteiger partial charge in [0.15, 0.2) is 0 Å². The first-order valence-electron chi connectivity index (χ1n) is 9.28. The lowest BCUT2D eigenvalue weighted by Crippen LogP contribution is -2.21. The van der Waals surface area contributed by atoms with Crippen molar-refractivity contribution in [3.8, 4) is 11.5 Å². The third-order valence-corrected chi connectivity index (χ3v) is 5.09. The van der Waals surface area contributed by atoms with Gasteiger partial charge < -0.3 is 19.4 Å². The van der Waals surface area contributed by atoms with Crippen LogP contribution in [0.25, 0.3) is 10.8 Å². The predicted octanol–water partition coefficient (Wildman–Crippen LogP) is 3.53. The third kappa shape index (κ3) is 4.16. The molecule has 0 amide bonds. The molecule has 1 N–H and O–H groups in total. The zero-order valence-electron chi connectivity index (χ0n) is 16.1. The fraction of sp³-hybridized carbons (Fsp3) is 0.318. The number of aromatic nitrogens is 1. The van der Waals surface area contributed by atoms with E-state index in [2.05, 4.69) is 5.32 Å². The van der Waals surface area contributed by atoms with Crippen molar-refractivity contribution in [3.63, 3.8) is 0 Å². The van der Waals surface area contributed by atoms with Gasteiger partial charge in [-0.25, -0.2) is 0 Å². The molecule has 0 saturated carbocycles. The number of nitrogens with one attached hydrogen (secondary N) is 1. The summed E-state index contributed by atoms with van der Waals surface area (Å²) in [6.07, 6.45) is 3.07. The summed E-state index contributed by atoms with van der Waals surface area (Å²) in [5.41, 5.74) is 2.07. The van der Waals surface area contributed by atoms with E-state index in [-0.39, 0.29) is 24.1 Å². The standard InChI is InChI=1S/C22H24N2O3.ClH/c1-15-11-20-17(12-21(15)27-19-7-9-23-13-19)8-10-24(22(20)25)14-16-3-5-18(26-2)6-4-16;/h3-6,8,10-12,19,23H,7,9,13-14H2,1-2H3;1H. The summed E-state index contributed by atoms with van der Waals surface area (Å²) < 4.78 is 13.0. The number of halogens is 1. The van der Waals surface area contributed by atoms with E-state index in [0.717, 1.165) is 52.9 Å². The number of fused-ring (bicyclic) bond motifs is 1. The third-order valence-electron chi connectivity index (χ3n) is 5.09. The van der Waals surface area contributed by atoms with Crippen LogP contribution in [-0.4, -0.2) is 30.9 Å². The molecule has 2 aromatic carbocycles. The van der Waals surface area contributed by atoms with Gasteiger partial charge in [0.2, 0.25) is 0 Å². The van der Waals surface area contributed by atoms with Crippen LogP contribution in [0.4, 0.5) is 0 Å². The zero-order valence-corrected chi connectivity index (χ0v) is 16.9. The Morgan fingerprint density at radius 3 is 2.64 bits per heavy atom. The van der Waals surface area contributed by atoms with Gasteiger partial charge in [-0.1, -0.05) is 12.1 Å². The topological polar surface area (TPSA) is 52.5 Å². The van der Waals surface area contributed by atoms with Crippen molar-refractivity contribution in [1.82, 2.24) is 9.88 Å². The summed E-state index contributed by atoms with van der Waals surface area (Å²) in [5.74, 6) is 1.67. The number of ether oxygens (including phenoxy) is 2. The van der Waals surface area contributed by atoms with Gasteiger partial charge in [0.25, 0.3) is 5.56 Å². The lowest BCUT2D eigenvalue weighted by atomic mass is 10.1. The molecule has 0 aliphatic carbocycles. The molecule has 148 valence electrons. The van der Waals surface area contributed by atoms with Crippen LogP contribution in [0.5, 0.6) is 11.5 Å². The molecule has 6 heteroatoms. The summed E-state index contributed by atoms with van der Waals surface area (Å²) in [6, 6.07) is 13.7. The normalized spacial score (nSPS) is 16.0. The molecule has 3 aromatic rings. The maximum absolute atomic E-state index is 13.0. The molecule has 4 rings (SSSR count). The SMILES string of the molecule is COc1ccc(Cn2ccc3cc(OC4CCNC4)c(C)cc3c2=O)cc1.Cl. The average molecular weight is 401 g/mol. The molecule has 1 aliphatic heterocycles. The highest BCUT2D eigenvalue weighted by Crippen LogP contribution is 2.25. The van der Waals surface area contributed by atoms with Crippen molar-refractivity contribution in [2.45, 2.75) is 26.0 Å². The molecule has 0 spiro atoms. The Labute approximate surface area is 170 Å². The van der Waals surface area contributed by atoms with E-state index in [1.54, 1.807) is 11.7 Å². The minimum Gasteiger partial charge on any atom is -0.497 e. The van der Waals surface area contributed by atoms with Gasteiger partial charge in [0.05, 0.1) is 13.7 Å². The van der Waals surface area contributed by atoms with Crippen LogP contribution in [0.2, 0.25) is 0 Å². The van der Waals surface area contributed by atoms with Gasteiger partial charge in [-0.2, -0.15) is 0 Å². The number of hydrogen-bond donors (Lipinski definition) is 1. The van der Waals surface area contributed by atoms with Gasteiger partial charge in [0, 0.05) is 18.1 Å². The van der Waals surface area contributed by atoms with Crippen molar-refractivity contribution in [2.75, 3.05) is 20.2 Å². The molecule has 1 saturated heterocycles. The molecule has 1 aromatic heterocycles. The van der Waals surface area contributed by atoms with E-state index in [0.29, 0.717) is 6.54 Å². The van der Waals surface area contributed by atoms with Crippen LogP contribution in [0.3, 0.4) is 0 Å². The van der Waals surface area contributed by atoms with Gasteiger partial charge >= 0.3 is 0 Å². The van der Waals surface area contributed by atoms with Crippen LogP contribution >= 0.6 is 12.4 Å². The number of aryl methyl sites for hydroxylation is 1. The van der Waals surface area contributed by atoms with Gasteiger partial charge in [-0.05, 0) is 66.7 Å². The van der Waals surface area contributed by atoms with E-state index in [4.69, 9.17) is 9.47 Å². The van der Waals surface area contributed by atoms with Crippen molar-refractivity contribution in [1.29, 1.82) is 0 Å². The molecule has 1 unspecified atom stereocenters. The maximum atomic E-state index is 13.0. The fourth-order valence-corrected chi connectivity index (χ4v) is 3.51. The molecular weight excluding hydrogens is 376 g/mol. The van der Waals surface area contributed by atoms with E-state index in [1.807, 2.05) is 55.6 Å². The fourth-order valence-electron chi connectivity index (χ4n) is 3.51. The number of hydrogen-bond acceptors (Lipinski definition) is 4. The predicted molar refractivity (Wildman–Crippen MR) is 114 cm³/mol. The van der Waals surface area contributed by atoms with Crippen molar-refractivity contribution < 1.29 is 9.47 Å². The Morgan fingerprint density at radius 2 is 1.96 bits per heavy atom. The lowest BCUT2D eigenvalue weighted by molar-refractivity contribution is 0.222. The van der Waals surface area contributed by atoms with E-state index in [1.165, 1.54) is 0 Å². The van der Waals surface area contributed by atoms with Crippen molar-refractivity contribution in [2.24, 2.45) is 0 Å². The van der Waals surface area contributed by atoms with Crippen molar-refractivity contribution in [3.05, 3.63) is 70.1 Å². The van der Waals surface area contributed by atoms with Crippen molar-refractivity contribution >= 4 is 23.2 Å². The van der Waals surface area contributed by atoms with Gasteiger partial charge in [0.1, 0.15) is 17.6 Å². The molecule has 1 fully saturated rings. The first kappa shape index (κ1) is 20.2. The monoisotopic (exact) mass is 400 g/mol. The van der Waals surface area contributed by atoms with Crippen LogP contribution in [-0.2, 0) is 6.54 Å². The molecule has 28 heavy (non-hydrogen) atoms. The van der Waals surface area contributed by atoms with E-state index < -0.39 is 0 Å². The minimum absolute atomic E-state index is 0. The second kappa shape index (κ2) is 8.67. The molecule has 2 heterocycles. The van der Waals surface area contributed by atoms with Gasteiger partial charge in [-0.15, -0.1) is 12.4 Å². The second-order valence-corrected chi connectivity index (χ2v) is 7.03. The van der Waals surface area contributed by atoms with Crippen LogP contribution in [0, 0.1) is 6.92 Å². The number of methoxy groups -OCH3 is 1. The van der Waals surface area contributed by atoms with Gasteiger partial charge in [-0.3, -0.25) is 4.79 Å². The summed E-state index contributed by atoms with van der Waals surface area (Å²) in [6.45, 7) is 4.40. The van der Waals surface area contributed by atoms with Crippen LogP contribution in [0.1, 0.15) is 17.5 Å². The highest BCUT2D eigenvalue weighted by atomic mass is 35.5. The minimum atomic E-state index is 0. The smallest absolute Gasteiger partial charge is 0.258 e. The molecule has 0 bridgehead atoms. The number of rotatable bonds is 5. The molecule has 0 radical (unpaired) electrons. The second-order valence-electron chi connectivity index (χ2n) is 7.03. The Balaban J connectivity index is 0.00000225. The Hall–Kier alpha value is -2.50. The number of nitrogens with zero attached hydrogens (tertiary/aromatic N) is 1. The Bertz CT molecular complexity index is 1010. The highest BCUT2D eigenvalue weighted by molar-refractivity contribution is 5.85. The maximum Gasteiger partial charge on any atom is 0.258 e. The van der Waals surface area contributed by atoms with E-state index >= 15 is 0 Å². The number of benzene rings is 2. The first-order chi connectivity index (χ1) is 13.1. The number of pyridine rings is 1. The van der Waals surface area contributed by atoms with Crippen LogP contribution < -0.4 is 20.3 Å². The zero-order chi connectivity index (χ0) is 18.8. The van der Waals surface area contributed by atoms with Crippen LogP contribution in [0.15, 0.2) is 53.5 Å². The Kier molecular flexibility index (Phi) is 6.27. The largest absolute Gasteiger partial charge is 0.497 e. The Morgan fingerprint density at radius 1 is 1.18 bits per heavy atom. The highest BCUT2D eigenvalue weighted by Gasteiger charge is 2.17. The average Bonchev–Trinajstić information content (AvgIpc) is 3.19. The summed E-state index contributed by atoms with van der Waals surface area (Å²) >= 11 is 0. The molecule has 5 nitrogen and oxygen atoms in total. The quantitative estimate of drug-likeness (QED) is 0.711. The molecule has 1 aliphatic rings.